The van der Waals surface area contributed by atoms with E-state index in [0.29, 0.717) is 31.3 Å². The third-order valence-electron chi connectivity index (χ3n) is 3.71. The number of methoxy groups -OCH3 is 1. The molecule has 1 aromatic rings. The fraction of sp³-hybridized carbons (Fsp3) is 0.688. The molecule has 0 atom stereocenters. The molecule has 0 aromatic carbocycles. The molecule has 2 rings (SSSR count). The van der Waals surface area contributed by atoms with E-state index in [0.717, 1.165) is 45.0 Å². The van der Waals surface area contributed by atoms with Crippen LogP contribution in [0.5, 0.6) is 0 Å². The quantitative estimate of drug-likeness (QED) is 0.626. The van der Waals surface area contributed by atoms with Gasteiger partial charge < -0.3 is 20.1 Å². The molecular formula is C16H27N5O3. The van der Waals surface area contributed by atoms with E-state index < -0.39 is 0 Å². The lowest BCUT2D eigenvalue weighted by molar-refractivity contribution is 0.0383. The van der Waals surface area contributed by atoms with Gasteiger partial charge in [-0.25, -0.2) is 9.97 Å². The van der Waals surface area contributed by atoms with Crippen LogP contribution in [0.1, 0.15) is 22.6 Å². The summed E-state index contributed by atoms with van der Waals surface area (Å²) in [5.41, 5.74) is 1.15. The van der Waals surface area contributed by atoms with E-state index in [4.69, 9.17) is 9.47 Å². The van der Waals surface area contributed by atoms with Crippen LogP contribution in [0, 0.1) is 6.92 Å². The van der Waals surface area contributed by atoms with Crippen molar-refractivity contribution in [3.63, 3.8) is 0 Å². The number of aromatic nitrogens is 2. The molecule has 1 aliphatic heterocycles. The zero-order chi connectivity index (χ0) is 17.2. The molecule has 8 nitrogen and oxygen atoms in total. The predicted molar refractivity (Wildman–Crippen MR) is 91.3 cm³/mol. The zero-order valence-corrected chi connectivity index (χ0v) is 14.5. The Bertz CT molecular complexity index is 520. The van der Waals surface area contributed by atoms with Crippen LogP contribution >= 0.6 is 0 Å². The van der Waals surface area contributed by atoms with E-state index in [1.807, 2.05) is 6.92 Å². The van der Waals surface area contributed by atoms with Gasteiger partial charge in [0.1, 0.15) is 5.69 Å². The summed E-state index contributed by atoms with van der Waals surface area (Å²) >= 11 is 0. The molecule has 1 aromatic heterocycles. The van der Waals surface area contributed by atoms with E-state index >= 15 is 0 Å². The van der Waals surface area contributed by atoms with Gasteiger partial charge in [0, 0.05) is 52.1 Å². The number of hydrogen-bond acceptors (Lipinski definition) is 7. The van der Waals surface area contributed by atoms with Crippen molar-refractivity contribution in [1.82, 2.24) is 20.2 Å². The van der Waals surface area contributed by atoms with Crippen molar-refractivity contribution in [2.75, 3.05) is 65.0 Å². The molecule has 0 bridgehead atoms. The van der Waals surface area contributed by atoms with Crippen LogP contribution in [0.2, 0.25) is 0 Å². The third-order valence-corrected chi connectivity index (χ3v) is 3.71. The van der Waals surface area contributed by atoms with Crippen LogP contribution in [0.25, 0.3) is 0 Å². The second-order valence-corrected chi connectivity index (χ2v) is 5.70. The summed E-state index contributed by atoms with van der Waals surface area (Å²) in [6, 6.07) is 1.70. The predicted octanol–water partition coefficient (Wildman–Crippen LogP) is 0.295. The van der Waals surface area contributed by atoms with Gasteiger partial charge in [0.05, 0.1) is 13.2 Å². The maximum absolute atomic E-state index is 12.3. The number of aryl methyl sites for hydroxylation is 1. The van der Waals surface area contributed by atoms with E-state index in [1.165, 1.54) is 0 Å². The lowest BCUT2D eigenvalue weighted by atomic mass is 10.3. The maximum atomic E-state index is 12.3. The topological polar surface area (TPSA) is 88.6 Å². The first-order chi connectivity index (χ1) is 11.7. The summed E-state index contributed by atoms with van der Waals surface area (Å²) in [6.45, 7) is 8.00. The Hall–Kier alpha value is -1.77. The Labute approximate surface area is 142 Å². The van der Waals surface area contributed by atoms with Crippen LogP contribution in [0.4, 0.5) is 5.95 Å². The Morgan fingerprint density at radius 3 is 2.88 bits per heavy atom. The Kier molecular flexibility index (Phi) is 7.87. The third kappa shape index (κ3) is 6.38. The lowest BCUT2D eigenvalue weighted by Crippen LogP contribution is -2.41. The van der Waals surface area contributed by atoms with Crippen molar-refractivity contribution in [3.8, 4) is 0 Å². The molecule has 0 unspecified atom stereocenters. The molecular weight excluding hydrogens is 310 g/mol. The van der Waals surface area contributed by atoms with Crippen molar-refractivity contribution < 1.29 is 14.3 Å². The van der Waals surface area contributed by atoms with Gasteiger partial charge in [0.2, 0.25) is 5.95 Å². The average molecular weight is 337 g/mol. The summed E-state index contributed by atoms with van der Waals surface area (Å²) in [4.78, 5) is 23.1. The van der Waals surface area contributed by atoms with E-state index in [1.54, 1.807) is 13.2 Å². The number of hydrogen-bond donors (Lipinski definition) is 2. The van der Waals surface area contributed by atoms with E-state index in [9.17, 15) is 4.79 Å². The molecule has 1 fully saturated rings. The second kappa shape index (κ2) is 10.2. The number of nitrogens with one attached hydrogen (secondary N) is 2. The van der Waals surface area contributed by atoms with Crippen molar-refractivity contribution in [2.45, 2.75) is 13.3 Å². The van der Waals surface area contributed by atoms with Gasteiger partial charge in [0.15, 0.2) is 0 Å². The number of anilines is 1. The highest BCUT2D eigenvalue weighted by molar-refractivity contribution is 5.92. The van der Waals surface area contributed by atoms with Crippen molar-refractivity contribution >= 4 is 11.9 Å². The summed E-state index contributed by atoms with van der Waals surface area (Å²) < 4.78 is 10.3. The van der Waals surface area contributed by atoms with Gasteiger partial charge >= 0.3 is 0 Å². The van der Waals surface area contributed by atoms with Gasteiger partial charge in [-0.2, -0.15) is 0 Å². The fourth-order valence-electron chi connectivity index (χ4n) is 2.42. The van der Waals surface area contributed by atoms with Crippen LogP contribution < -0.4 is 10.6 Å². The summed E-state index contributed by atoms with van der Waals surface area (Å²) in [6.07, 6.45) is 0.856. The largest absolute Gasteiger partial charge is 0.385 e. The number of rotatable bonds is 9. The van der Waals surface area contributed by atoms with Crippen molar-refractivity contribution in [1.29, 1.82) is 0 Å². The number of amides is 1. The molecule has 0 radical (unpaired) electrons. The minimum absolute atomic E-state index is 0.172. The molecule has 0 spiro atoms. The number of ether oxygens (including phenoxy) is 2. The molecule has 1 saturated heterocycles. The van der Waals surface area contributed by atoms with Crippen LogP contribution in [0.3, 0.4) is 0 Å². The Balaban J connectivity index is 1.80. The number of morpholine rings is 1. The van der Waals surface area contributed by atoms with Crippen molar-refractivity contribution in [2.24, 2.45) is 0 Å². The first-order valence-electron chi connectivity index (χ1n) is 8.36. The first-order valence-corrected chi connectivity index (χ1v) is 8.36. The first kappa shape index (κ1) is 18.6. The Morgan fingerprint density at radius 2 is 2.12 bits per heavy atom. The Morgan fingerprint density at radius 1 is 1.33 bits per heavy atom. The van der Waals surface area contributed by atoms with Gasteiger partial charge in [0.25, 0.3) is 5.91 Å². The van der Waals surface area contributed by atoms with E-state index in [2.05, 4.69) is 25.5 Å². The smallest absolute Gasteiger partial charge is 0.270 e. The van der Waals surface area contributed by atoms with Crippen LogP contribution in [0.15, 0.2) is 6.07 Å². The van der Waals surface area contributed by atoms with Crippen LogP contribution in [-0.4, -0.2) is 80.4 Å². The molecule has 134 valence electrons. The van der Waals surface area contributed by atoms with Gasteiger partial charge in [-0.15, -0.1) is 0 Å². The SMILES string of the molecule is COCCCNc1nc(C)cc(C(=O)NCCN2CCOCC2)n1. The summed E-state index contributed by atoms with van der Waals surface area (Å²) in [5.74, 6) is 0.304. The minimum atomic E-state index is -0.172. The number of carbonyl (C=O) groups excluding carboxylic acids is 1. The molecule has 8 heteroatoms. The lowest BCUT2D eigenvalue weighted by Gasteiger charge is -2.26. The highest BCUT2D eigenvalue weighted by Crippen LogP contribution is 2.05. The molecule has 2 heterocycles. The molecule has 1 aliphatic rings. The fourth-order valence-corrected chi connectivity index (χ4v) is 2.42. The standard InChI is InChI=1S/C16H27N5O3/c1-13-12-14(20-16(19-13)18-4-3-9-23-2)15(22)17-5-6-21-7-10-24-11-8-21/h12H,3-11H2,1-2H3,(H,17,22)(H,18,19,20). The molecule has 1 amide bonds. The number of carbonyl (C=O) groups is 1. The van der Waals surface area contributed by atoms with Gasteiger partial charge in [-0.05, 0) is 19.4 Å². The highest BCUT2D eigenvalue weighted by atomic mass is 16.5. The average Bonchev–Trinajstić information content (AvgIpc) is 2.59. The monoisotopic (exact) mass is 337 g/mol. The van der Waals surface area contributed by atoms with Crippen molar-refractivity contribution in [3.05, 3.63) is 17.5 Å². The molecule has 24 heavy (non-hydrogen) atoms. The highest BCUT2D eigenvalue weighted by Gasteiger charge is 2.13. The normalized spacial score (nSPS) is 15.2. The molecule has 0 aliphatic carbocycles. The van der Waals surface area contributed by atoms with E-state index in [-0.39, 0.29) is 5.91 Å². The second-order valence-electron chi connectivity index (χ2n) is 5.70. The maximum Gasteiger partial charge on any atom is 0.270 e. The summed E-state index contributed by atoms with van der Waals surface area (Å²) in [5, 5.41) is 6.04. The molecule has 2 N–H and O–H groups in total. The van der Waals surface area contributed by atoms with Gasteiger partial charge in [-0.3, -0.25) is 9.69 Å². The van der Waals surface area contributed by atoms with Gasteiger partial charge in [-0.1, -0.05) is 0 Å². The van der Waals surface area contributed by atoms with Crippen LogP contribution in [-0.2, 0) is 9.47 Å². The number of nitrogens with zero attached hydrogens (tertiary/aromatic N) is 3. The molecule has 0 saturated carbocycles. The zero-order valence-electron chi connectivity index (χ0n) is 14.5. The minimum Gasteiger partial charge on any atom is -0.385 e. The summed E-state index contributed by atoms with van der Waals surface area (Å²) in [7, 11) is 1.67.